The highest BCUT2D eigenvalue weighted by Gasteiger charge is 2.36. The molecule has 2 N–H and O–H groups in total. The van der Waals surface area contributed by atoms with Crippen molar-refractivity contribution in [3.63, 3.8) is 0 Å². The summed E-state index contributed by atoms with van der Waals surface area (Å²) in [5.41, 5.74) is 2.82. The fourth-order valence-electron chi connectivity index (χ4n) is 3.14. The zero-order valence-corrected chi connectivity index (χ0v) is 18.2. The topological polar surface area (TPSA) is 61.4 Å². The van der Waals surface area contributed by atoms with Gasteiger partial charge in [-0.25, -0.2) is 0 Å². The molecule has 2 rings (SSSR count). The standard InChI is InChI=1S/C24H33N3O2/c1-6-27(7-2)20-13-14-21(18(3)17-20)26-23(29)24(4,5)22(28)25-16-15-19-11-9-8-10-12-19/h8-14,17H,6-7,15-16H2,1-5H3,(H,25,28)(H,26,29). The van der Waals surface area contributed by atoms with E-state index < -0.39 is 5.41 Å². The number of aryl methyl sites for hydroxylation is 1. The minimum absolute atomic E-state index is 0.275. The third-order valence-electron chi connectivity index (χ3n) is 5.26. The van der Waals surface area contributed by atoms with E-state index in [4.69, 9.17) is 0 Å². The zero-order valence-electron chi connectivity index (χ0n) is 18.2. The smallest absolute Gasteiger partial charge is 0.239 e. The fraction of sp³-hybridized carbons (Fsp3) is 0.417. The molecule has 0 saturated heterocycles. The molecule has 0 spiro atoms. The molecular formula is C24H33N3O2. The predicted octanol–water partition coefficient (Wildman–Crippen LogP) is 4.16. The van der Waals surface area contributed by atoms with Gasteiger partial charge in [0.2, 0.25) is 11.8 Å². The number of amides is 2. The van der Waals surface area contributed by atoms with Crippen molar-refractivity contribution < 1.29 is 9.59 Å². The first kappa shape index (κ1) is 22.5. The van der Waals surface area contributed by atoms with Crippen LogP contribution in [0.25, 0.3) is 0 Å². The lowest BCUT2D eigenvalue weighted by Crippen LogP contribution is -2.45. The average Bonchev–Trinajstić information content (AvgIpc) is 2.71. The molecule has 0 aliphatic heterocycles. The van der Waals surface area contributed by atoms with E-state index in [1.54, 1.807) is 13.8 Å². The van der Waals surface area contributed by atoms with Crippen LogP contribution in [0.2, 0.25) is 0 Å². The lowest BCUT2D eigenvalue weighted by atomic mass is 9.90. The van der Waals surface area contributed by atoms with E-state index in [-0.39, 0.29) is 11.8 Å². The largest absolute Gasteiger partial charge is 0.372 e. The van der Waals surface area contributed by atoms with Crippen LogP contribution in [0.5, 0.6) is 0 Å². The van der Waals surface area contributed by atoms with Crippen molar-refractivity contribution in [2.75, 3.05) is 29.9 Å². The van der Waals surface area contributed by atoms with Crippen LogP contribution in [0.15, 0.2) is 48.5 Å². The first-order valence-corrected chi connectivity index (χ1v) is 10.3. The molecule has 0 radical (unpaired) electrons. The highest BCUT2D eigenvalue weighted by Crippen LogP contribution is 2.25. The molecule has 29 heavy (non-hydrogen) atoms. The van der Waals surface area contributed by atoms with Gasteiger partial charge in [0, 0.05) is 31.0 Å². The Balaban J connectivity index is 1.98. The van der Waals surface area contributed by atoms with Gasteiger partial charge >= 0.3 is 0 Å². The van der Waals surface area contributed by atoms with Gasteiger partial charge in [0.1, 0.15) is 5.41 Å². The Morgan fingerprint density at radius 3 is 2.21 bits per heavy atom. The summed E-state index contributed by atoms with van der Waals surface area (Å²) in [6, 6.07) is 15.9. The summed E-state index contributed by atoms with van der Waals surface area (Å²) >= 11 is 0. The summed E-state index contributed by atoms with van der Waals surface area (Å²) in [7, 11) is 0. The first-order chi connectivity index (χ1) is 13.8. The number of carbonyl (C=O) groups excluding carboxylic acids is 2. The highest BCUT2D eigenvalue weighted by molar-refractivity contribution is 6.10. The Bertz CT molecular complexity index is 827. The molecule has 156 valence electrons. The lowest BCUT2D eigenvalue weighted by Gasteiger charge is -2.25. The molecule has 0 atom stereocenters. The number of hydrogen-bond acceptors (Lipinski definition) is 3. The van der Waals surface area contributed by atoms with Crippen LogP contribution in [0, 0.1) is 12.3 Å². The SMILES string of the molecule is CCN(CC)c1ccc(NC(=O)C(C)(C)C(=O)NCCc2ccccc2)c(C)c1. The maximum atomic E-state index is 12.8. The Morgan fingerprint density at radius 1 is 0.966 bits per heavy atom. The van der Waals surface area contributed by atoms with Crippen molar-refractivity contribution in [2.24, 2.45) is 5.41 Å². The second-order valence-corrected chi connectivity index (χ2v) is 7.74. The number of hydrogen-bond donors (Lipinski definition) is 2. The van der Waals surface area contributed by atoms with E-state index in [9.17, 15) is 9.59 Å². The van der Waals surface area contributed by atoms with Gasteiger partial charge in [-0.2, -0.15) is 0 Å². The van der Waals surface area contributed by atoms with E-state index in [2.05, 4.69) is 35.4 Å². The summed E-state index contributed by atoms with van der Waals surface area (Å²) in [6.45, 7) is 11.9. The molecule has 2 amide bonds. The Hall–Kier alpha value is -2.82. The molecule has 0 fully saturated rings. The van der Waals surface area contributed by atoms with Crippen molar-refractivity contribution in [1.29, 1.82) is 0 Å². The Morgan fingerprint density at radius 2 is 1.62 bits per heavy atom. The van der Waals surface area contributed by atoms with Crippen LogP contribution < -0.4 is 15.5 Å². The molecular weight excluding hydrogens is 362 g/mol. The van der Waals surface area contributed by atoms with E-state index in [1.165, 1.54) is 0 Å². The molecule has 0 aliphatic carbocycles. The summed E-state index contributed by atoms with van der Waals surface area (Å²) in [5.74, 6) is -0.586. The summed E-state index contributed by atoms with van der Waals surface area (Å²) in [5, 5.41) is 5.81. The van der Waals surface area contributed by atoms with Crippen LogP contribution in [-0.2, 0) is 16.0 Å². The number of rotatable bonds is 9. The molecule has 5 heteroatoms. The number of carbonyl (C=O) groups is 2. The molecule has 5 nitrogen and oxygen atoms in total. The maximum Gasteiger partial charge on any atom is 0.239 e. The first-order valence-electron chi connectivity index (χ1n) is 10.3. The molecule has 0 aliphatic rings. The summed E-state index contributed by atoms with van der Waals surface area (Å²) in [6.07, 6.45) is 0.732. The van der Waals surface area contributed by atoms with E-state index >= 15 is 0 Å². The third kappa shape index (κ3) is 5.83. The van der Waals surface area contributed by atoms with Crippen molar-refractivity contribution in [3.05, 3.63) is 59.7 Å². The van der Waals surface area contributed by atoms with E-state index in [1.807, 2.05) is 49.4 Å². The molecule has 0 heterocycles. The van der Waals surface area contributed by atoms with Gasteiger partial charge in [0.05, 0.1) is 0 Å². The minimum Gasteiger partial charge on any atom is -0.372 e. The molecule has 2 aromatic carbocycles. The normalized spacial score (nSPS) is 11.1. The van der Waals surface area contributed by atoms with Gasteiger partial charge in [0.15, 0.2) is 0 Å². The van der Waals surface area contributed by atoms with Crippen LogP contribution in [0.3, 0.4) is 0 Å². The summed E-state index contributed by atoms with van der Waals surface area (Å²) < 4.78 is 0. The Labute approximate surface area is 174 Å². The second-order valence-electron chi connectivity index (χ2n) is 7.74. The van der Waals surface area contributed by atoms with Crippen molar-refractivity contribution in [3.8, 4) is 0 Å². The Kier molecular flexibility index (Phi) is 7.82. The maximum absolute atomic E-state index is 12.8. The average molecular weight is 396 g/mol. The van der Waals surface area contributed by atoms with Crippen LogP contribution in [0.1, 0.15) is 38.8 Å². The molecule has 2 aromatic rings. The van der Waals surface area contributed by atoms with Crippen LogP contribution >= 0.6 is 0 Å². The van der Waals surface area contributed by atoms with E-state index in [0.29, 0.717) is 6.54 Å². The molecule has 0 saturated carbocycles. The van der Waals surface area contributed by atoms with E-state index in [0.717, 1.165) is 42.0 Å². The van der Waals surface area contributed by atoms with Gasteiger partial charge in [-0.1, -0.05) is 30.3 Å². The number of nitrogens with one attached hydrogen (secondary N) is 2. The zero-order chi connectivity index (χ0) is 21.4. The van der Waals surface area contributed by atoms with Gasteiger partial charge in [0.25, 0.3) is 0 Å². The van der Waals surface area contributed by atoms with Crippen molar-refractivity contribution >= 4 is 23.2 Å². The number of anilines is 2. The minimum atomic E-state index is -1.17. The molecule has 0 bridgehead atoms. The van der Waals surface area contributed by atoms with Crippen molar-refractivity contribution in [2.45, 2.75) is 41.0 Å². The molecule has 0 aromatic heterocycles. The quantitative estimate of drug-likeness (QED) is 0.627. The number of benzene rings is 2. The lowest BCUT2D eigenvalue weighted by molar-refractivity contribution is -0.138. The van der Waals surface area contributed by atoms with Crippen molar-refractivity contribution in [1.82, 2.24) is 5.32 Å². The monoisotopic (exact) mass is 395 g/mol. The third-order valence-corrected chi connectivity index (χ3v) is 5.26. The molecule has 0 unspecified atom stereocenters. The second kappa shape index (κ2) is 10.1. The summed E-state index contributed by atoms with van der Waals surface area (Å²) in [4.78, 5) is 27.7. The van der Waals surface area contributed by atoms with Crippen LogP contribution in [-0.4, -0.2) is 31.4 Å². The van der Waals surface area contributed by atoms with Gasteiger partial charge < -0.3 is 15.5 Å². The predicted molar refractivity (Wildman–Crippen MR) is 120 cm³/mol. The number of nitrogens with zero attached hydrogens (tertiary/aromatic N) is 1. The highest BCUT2D eigenvalue weighted by atomic mass is 16.2. The van der Waals surface area contributed by atoms with Crippen LogP contribution in [0.4, 0.5) is 11.4 Å². The van der Waals surface area contributed by atoms with Gasteiger partial charge in [-0.15, -0.1) is 0 Å². The van der Waals surface area contributed by atoms with Gasteiger partial charge in [-0.3, -0.25) is 9.59 Å². The van der Waals surface area contributed by atoms with Gasteiger partial charge in [-0.05, 0) is 70.4 Å². The fourth-order valence-corrected chi connectivity index (χ4v) is 3.14.